The second kappa shape index (κ2) is 8.39. The molecule has 0 fully saturated rings. The molecule has 1 aliphatic rings. The SMILES string of the molecule is Cc1cc(C)nc(NS(=O)(=O)c2ccc(N=CC3CCc4ccccc4C3=O)cc2)n1. The first-order valence-electron chi connectivity index (χ1n) is 9.93. The van der Waals surface area contributed by atoms with Crippen molar-refractivity contribution in [1.82, 2.24) is 9.97 Å². The van der Waals surface area contributed by atoms with Crippen molar-refractivity contribution < 1.29 is 13.2 Å². The molecule has 1 unspecified atom stereocenters. The normalized spacial score (nSPS) is 16.3. The Labute approximate surface area is 181 Å². The number of ketones is 1. The summed E-state index contributed by atoms with van der Waals surface area (Å²) in [5.41, 5.74) is 3.76. The van der Waals surface area contributed by atoms with Gasteiger partial charge in [-0.2, -0.15) is 0 Å². The highest BCUT2D eigenvalue weighted by atomic mass is 32.2. The maximum atomic E-state index is 12.7. The van der Waals surface area contributed by atoms with Crippen LogP contribution in [0.4, 0.5) is 11.6 Å². The number of rotatable bonds is 5. The zero-order valence-corrected chi connectivity index (χ0v) is 18.1. The molecule has 1 atom stereocenters. The Morgan fingerprint density at radius 2 is 1.71 bits per heavy atom. The molecule has 158 valence electrons. The summed E-state index contributed by atoms with van der Waals surface area (Å²) >= 11 is 0. The first-order valence-corrected chi connectivity index (χ1v) is 11.4. The summed E-state index contributed by atoms with van der Waals surface area (Å²) in [6.07, 6.45) is 3.21. The lowest BCUT2D eigenvalue weighted by molar-refractivity contribution is 0.0943. The molecule has 1 N–H and O–H groups in total. The molecule has 1 heterocycles. The fourth-order valence-electron chi connectivity index (χ4n) is 3.60. The summed E-state index contributed by atoms with van der Waals surface area (Å²) in [4.78, 5) is 25.4. The van der Waals surface area contributed by atoms with Gasteiger partial charge >= 0.3 is 0 Å². The van der Waals surface area contributed by atoms with Crippen LogP contribution in [0.2, 0.25) is 0 Å². The summed E-state index contributed by atoms with van der Waals surface area (Å²) in [5.74, 6) is -0.167. The number of Topliss-reactive ketones (excluding diaryl/α,β-unsaturated/α-hetero) is 1. The van der Waals surface area contributed by atoms with Gasteiger partial charge in [-0.05, 0) is 62.6 Å². The molecular weight excluding hydrogens is 412 g/mol. The van der Waals surface area contributed by atoms with Gasteiger partial charge in [0.25, 0.3) is 10.0 Å². The third-order valence-electron chi connectivity index (χ3n) is 5.10. The molecule has 4 rings (SSSR count). The van der Waals surface area contributed by atoms with Gasteiger partial charge in [-0.1, -0.05) is 24.3 Å². The number of nitrogens with one attached hydrogen (secondary N) is 1. The van der Waals surface area contributed by atoms with Crippen molar-refractivity contribution in [3.8, 4) is 0 Å². The first-order chi connectivity index (χ1) is 14.8. The van der Waals surface area contributed by atoms with Gasteiger partial charge in [0.15, 0.2) is 5.78 Å². The number of aryl methyl sites for hydroxylation is 3. The number of anilines is 1. The number of hydrogen-bond donors (Lipinski definition) is 1. The van der Waals surface area contributed by atoms with E-state index in [4.69, 9.17) is 0 Å². The summed E-state index contributed by atoms with van der Waals surface area (Å²) in [7, 11) is -3.82. The number of carbonyl (C=O) groups is 1. The van der Waals surface area contributed by atoms with Gasteiger partial charge in [-0.3, -0.25) is 9.79 Å². The predicted octanol–water partition coefficient (Wildman–Crippen LogP) is 4.04. The van der Waals surface area contributed by atoms with Gasteiger partial charge in [0, 0.05) is 23.2 Å². The van der Waals surface area contributed by atoms with Gasteiger partial charge in [-0.25, -0.2) is 23.1 Å². The van der Waals surface area contributed by atoms with E-state index in [9.17, 15) is 13.2 Å². The smallest absolute Gasteiger partial charge is 0.264 e. The molecule has 3 aromatic rings. The van der Waals surface area contributed by atoms with Crippen LogP contribution in [0.1, 0.15) is 33.7 Å². The van der Waals surface area contributed by atoms with Gasteiger partial charge in [0.05, 0.1) is 16.5 Å². The molecule has 0 saturated heterocycles. The zero-order chi connectivity index (χ0) is 22.0. The molecule has 7 nitrogen and oxygen atoms in total. The van der Waals surface area contributed by atoms with Crippen molar-refractivity contribution in [1.29, 1.82) is 0 Å². The topological polar surface area (TPSA) is 101 Å². The zero-order valence-electron chi connectivity index (χ0n) is 17.2. The monoisotopic (exact) mass is 434 g/mol. The molecule has 31 heavy (non-hydrogen) atoms. The number of hydrogen-bond acceptors (Lipinski definition) is 6. The van der Waals surface area contributed by atoms with Crippen LogP contribution in [0.5, 0.6) is 0 Å². The minimum atomic E-state index is -3.82. The standard InChI is InChI=1S/C23H22N4O3S/c1-15-13-16(2)26-23(25-15)27-31(29,30)20-11-9-19(10-12-20)24-14-18-8-7-17-5-3-4-6-21(17)22(18)28/h3-6,9-14,18H,7-8H2,1-2H3,(H,25,26,27). The van der Waals surface area contributed by atoms with E-state index in [0.717, 1.165) is 17.5 Å². The molecule has 0 radical (unpaired) electrons. The molecule has 0 amide bonds. The number of carbonyl (C=O) groups excluding carboxylic acids is 1. The molecule has 1 aliphatic carbocycles. The van der Waals surface area contributed by atoms with Crippen LogP contribution in [0.3, 0.4) is 0 Å². The first kappa shape index (κ1) is 20.9. The van der Waals surface area contributed by atoms with Crippen LogP contribution >= 0.6 is 0 Å². The quantitative estimate of drug-likeness (QED) is 0.611. The van der Waals surface area contributed by atoms with E-state index in [1.54, 1.807) is 38.3 Å². The number of fused-ring (bicyclic) bond motifs is 1. The maximum absolute atomic E-state index is 12.7. The van der Waals surface area contributed by atoms with Crippen molar-refractivity contribution >= 4 is 33.7 Å². The fraction of sp³-hybridized carbons (Fsp3) is 0.217. The third kappa shape index (κ3) is 4.69. The Balaban J connectivity index is 1.47. The van der Waals surface area contributed by atoms with Gasteiger partial charge in [0.2, 0.25) is 5.95 Å². The average Bonchev–Trinajstić information content (AvgIpc) is 2.73. The summed E-state index contributed by atoms with van der Waals surface area (Å²) in [5, 5.41) is 0. The predicted molar refractivity (Wildman–Crippen MR) is 119 cm³/mol. The van der Waals surface area contributed by atoms with E-state index in [0.29, 0.717) is 23.5 Å². The summed E-state index contributed by atoms with van der Waals surface area (Å²) < 4.78 is 27.7. The summed E-state index contributed by atoms with van der Waals surface area (Å²) in [6, 6.07) is 15.6. The highest BCUT2D eigenvalue weighted by molar-refractivity contribution is 7.92. The number of nitrogens with zero attached hydrogens (tertiary/aromatic N) is 3. The number of aromatic nitrogens is 2. The number of aliphatic imine (C=N–C) groups is 1. The van der Waals surface area contributed by atoms with Crippen LogP contribution in [-0.2, 0) is 16.4 Å². The number of sulfonamides is 1. The van der Waals surface area contributed by atoms with Crippen LogP contribution < -0.4 is 4.72 Å². The molecule has 0 saturated carbocycles. The molecule has 0 aliphatic heterocycles. The van der Waals surface area contributed by atoms with Crippen LogP contribution in [-0.4, -0.2) is 30.4 Å². The molecule has 0 bridgehead atoms. The lowest BCUT2D eigenvalue weighted by atomic mass is 9.83. The van der Waals surface area contributed by atoms with Crippen molar-refractivity contribution in [2.45, 2.75) is 31.6 Å². The fourth-order valence-corrected chi connectivity index (χ4v) is 4.54. The Bertz CT molecular complexity index is 1250. The highest BCUT2D eigenvalue weighted by Crippen LogP contribution is 2.25. The molecule has 2 aromatic carbocycles. The van der Waals surface area contributed by atoms with Gasteiger partial charge in [-0.15, -0.1) is 0 Å². The third-order valence-corrected chi connectivity index (χ3v) is 6.45. The highest BCUT2D eigenvalue weighted by Gasteiger charge is 2.25. The molecular formula is C23H22N4O3S. The van der Waals surface area contributed by atoms with E-state index in [-0.39, 0.29) is 22.5 Å². The minimum absolute atomic E-state index is 0.0377. The van der Waals surface area contributed by atoms with Crippen LogP contribution in [0.15, 0.2) is 64.5 Å². The summed E-state index contributed by atoms with van der Waals surface area (Å²) in [6.45, 7) is 3.55. The second-order valence-electron chi connectivity index (χ2n) is 7.52. The minimum Gasteiger partial charge on any atom is -0.293 e. The molecule has 0 spiro atoms. The Morgan fingerprint density at radius 3 is 2.42 bits per heavy atom. The number of benzene rings is 2. The van der Waals surface area contributed by atoms with E-state index in [1.807, 2.05) is 24.3 Å². The largest absolute Gasteiger partial charge is 0.293 e. The van der Waals surface area contributed by atoms with Crippen LogP contribution in [0.25, 0.3) is 0 Å². The molecule has 8 heteroatoms. The van der Waals surface area contributed by atoms with E-state index >= 15 is 0 Å². The van der Waals surface area contributed by atoms with E-state index in [2.05, 4.69) is 19.7 Å². The second-order valence-corrected chi connectivity index (χ2v) is 9.20. The van der Waals surface area contributed by atoms with Crippen molar-refractivity contribution in [3.63, 3.8) is 0 Å². The Hall–Kier alpha value is -3.39. The lowest BCUT2D eigenvalue weighted by Gasteiger charge is -2.20. The van der Waals surface area contributed by atoms with Crippen molar-refractivity contribution in [2.75, 3.05) is 4.72 Å². The average molecular weight is 435 g/mol. The van der Waals surface area contributed by atoms with Gasteiger partial charge in [0.1, 0.15) is 0 Å². The Kier molecular flexibility index (Phi) is 5.65. The van der Waals surface area contributed by atoms with E-state index in [1.165, 1.54) is 12.1 Å². The van der Waals surface area contributed by atoms with Gasteiger partial charge < -0.3 is 0 Å². The van der Waals surface area contributed by atoms with Crippen molar-refractivity contribution in [2.24, 2.45) is 10.9 Å². The maximum Gasteiger partial charge on any atom is 0.264 e. The van der Waals surface area contributed by atoms with Crippen molar-refractivity contribution in [3.05, 3.63) is 77.1 Å². The Morgan fingerprint density at radius 1 is 1.03 bits per heavy atom. The molecule has 1 aromatic heterocycles. The lowest BCUT2D eigenvalue weighted by Crippen LogP contribution is -2.23. The van der Waals surface area contributed by atoms with E-state index < -0.39 is 10.0 Å². The van der Waals surface area contributed by atoms with Crippen LogP contribution in [0, 0.1) is 19.8 Å².